The molecule has 23 heavy (non-hydrogen) atoms. The number of carbonyl (C=O) groups is 1. The summed E-state index contributed by atoms with van der Waals surface area (Å²) in [5.74, 6) is 0.401. The number of anilines is 2. The Labute approximate surface area is 137 Å². The standard InChI is InChI=1S/C15H14N6OS/c1-21(2)13-10(4-3-5-18-13)19-14(22)12-9-23-15(20-12)11-8-16-6-7-17-11/h3-9H,1-2H3,(H,19,22). The lowest BCUT2D eigenvalue weighted by Crippen LogP contribution is -2.18. The summed E-state index contributed by atoms with van der Waals surface area (Å²) in [6, 6.07) is 3.57. The number of nitrogens with one attached hydrogen (secondary N) is 1. The van der Waals surface area contributed by atoms with Crippen LogP contribution in [0.4, 0.5) is 11.5 Å². The summed E-state index contributed by atoms with van der Waals surface area (Å²) in [5.41, 5.74) is 1.62. The molecule has 0 radical (unpaired) electrons. The van der Waals surface area contributed by atoms with Crippen molar-refractivity contribution in [2.24, 2.45) is 0 Å². The molecule has 0 aromatic carbocycles. The van der Waals surface area contributed by atoms with E-state index in [4.69, 9.17) is 0 Å². The number of hydrogen-bond donors (Lipinski definition) is 1. The van der Waals surface area contributed by atoms with Crippen molar-refractivity contribution in [1.82, 2.24) is 19.9 Å². The molecule has 3 aromatic heterocycles. The molecular formula is C15H14N6OS. The first-order valence-corrected chi connectivity index (χ1v) is 7.68. The van der Waals surface area contributed by atoms with E-state index in [0.717, 1.165) is 0 Å². The third-order valence-corrected chi connectivity index (χ3v) is 3.84. The van der Waals surface area contributed by atoms with Crippen LogP contribution in [0.25, 0.3) is 10.7 Å². The Kier molecular flexibility index (Phi) is 4.24. The van der Waals surface area contributed by atoms with Crippen LogP contribution < -0.4 is 10.2 Å². The Bertz CT molecular complexity index is 818. The van der Waals surface area contributed by atoms with Gasteiger partial charge in [-0.25, -0.2) is 9.97 Å². The van der Waals surface area contributed by atoms with Crippen molar-refractivity contribution in [3.8, 4) is 10.7 Å². The molecule has 0 saturated carbocycles. The highest BCUT2D eigenvalue weighted by Gasteiger charge is 2.15. The van der Waals surface area contributed by atoms with Crippen LogP contribution in [0.2, 0.25) is 0 Å². The molecule has 0 aliphatic rings. The number of carbonyl (C=O) groups excluding carboxylic acids is 1. The maximum absolute atomic E-state index is 12.4. The second-order valence-electron chi connectivity index (χ2n) is 4.85. The van der Waals surface area contributed by atoms with E-state index in [1.165, 1.54) is 11.3 Å². The van der Waals surface area contributed by atoms with E-state index >= 15 is 0 Å². The van der Waals surface area contributed by atoms with E-state index in [2.05, 4.69) is 25.3 Å². The van der Waals surface area contributed by atoms with Crippen LogP contribution in [-0.2, 0) is 0 Å². The van der Waals surface area contributed by atoms with Gasteiger partial charge in [-0.05, 0) is 12.1 Å². The molecule has 1 amide bonds. The van der Waals surface area contributed by atoms with Crippen LogP contribution in [0.5, 0.6) is 0 Å². The van der Waals surface area contributed by atoms with Gasteiger partial charge in [0, 0.05) is 38.1 Å². The maximum Gasteiger partial charge on any atom is 0.275 e. The molecule has 0 bridgehead atoms. The van der Waals surface area contributed by atoms with Gasteiger partial charge in [-0.1, -0.05) is 0 Å². The van der Waals surface area contributed by atoms with Gasteiger partial charge in [0.15, 0.2) is 5.82 Å². The third kappa shape index (κ3) is 3.32. The number of nitrogens with zero attached hydrogens (tertiary/aromatic N) is 5. The van der Waals surface area contributed by atoms with E-state index in [9.17, 15) is 4.79 Å². The highest BCUT2D eigenvalue weighted by Crippen LogP contribution is 2.24. The van der Waals surface area contributed by atoms with Crippen LogP contribution in [-0.4, -0.2) is 39.9 Å². The minimum absolute atomic E-state index is 0.285. The molecule has 0 aliphatic heterocycles. The lowest BCUT2D eigenvalue weighted by molar-refractivity contribution is 0.102. The second-order valence-corrected chi connectivity index (χ2v) is 5.71. The van der Waals surface area contributed by atoms with Gasteiger partial charge in [-0.3, -0.25) is 14.8 Å². The quantitative estimate of drug-likeness (QED) is 0.792. The van der Waals surface area contributed by atoms with Crippen LogP contribution in [0.1, 0.15) is 10.5 Å². The molecule has 3 rings (SSSR count). The molecule has 3 aromatic rings. The summed E-state index contributed by atoms with van der Waals surface area (Å²) >= 11 is 1.35. The van der Waals surface area contributed by atoms with Crippen molar-refractivity contribution in [3.05, 3.63) is 48.0 Å². The van der Waals surface area contributed by atoms with Crippen LogP contribution in [0.3, 0.4) is 0 Å². The average molecular weight is 326 g/mol. The molecule has 0 saturated heterocycles. The zero-order chi connectivity index (χ0) is 16.2. The summed E-state index contributed by atoms with van der Waals surface area (Å²) in [4.78, 5) is 31.0. The number of hydrogen-bond acceptors (Lipinski definition) is 7. The van der Waals surface area contributed by atoms with Crippen molar-refractivity contribution in [3.63, 3.8) is 0 Å². The molecule has 0 fully saturated rings. The minimum atomic E-state index is -0.285. The predicted octanol–water partition coefficient (Wildman–Crippen LogP) is 2.31. The lowest BCUT2D eigenvalue weighted by Gasteiger charge is -2.15. The average Bonchev–Trinajstić information content (AvgIpc) is 3.06. The van der Waals surface area contributed by atoms with Gasteiger partial charge in [0.05, 0.1) is 11.9 Å². The molecule has 0 aliphatic carbocycles. The molecule has 0 atom stereocenters. The fourth-order valence-electron chi connectivity index (χ4n) is 1.94. The van der Waals surface area contributed by atoms with E-state index in [-0.39, 0.29) is 5.91 Å². The van der Waals surface area contributed by atoms with Gasteiger partial charge in [-0.2, -0.15) is 0 Å². The van der Waals surface area contributed by atoms with E-state index in [1.807, 2.05) is 19.0 Å². The second kappa shape index (κ2) is 6.49. The fourth-order valence-corrected chi connectivity index (χ4v) is 2.70. The minimum Gasteiger partial charge on any atom is -0.361 e. The summed E-state index contributed by atoms with van der Waals surface area (Å²) in [6.45, 7) is 0. The highest BCUT2D eigenvalue weighted by atomic mass is 32.1. The topological polar surface area (TPSA) is 83.9 Å². The normalized spacial score (nSPS) is 10.3. The summed E-state index contributed by atoms with van der Waals surface area (Å²) in [5, 5.41) is 5.19. The smallest absolute Gasteiger partial charge is 0.275 e. The van der Waals surface area contributed by atoms with Crippen LogP contribution in [0.15, 0.2) is 42.3 Å². The van der Waals surface area contributed by atoms with Gasteiger partial charge in [0.1, 0.15) is 16.4 Å². The third-order valence-electron chi connectivity index (χ3n) is 2.98. The largest absolute Gasteiger partial charge is 0.361 e. The van der Waals surface area contributed by atoms with Gasteiger partial charge in [0.25, 0.3) is 5.91 Å². The Hall–Kier alpha value is -2.87. The highest BCUT2D eigenvalue weighted by molar-refractivity contribution is 7.13. The Morgan fingerprint density at radius 3 is 2.83 bits per heavy atom. The van der Waals surface area contributed by atoms with Crippen molar-refractivity contribution < 1.29 is 4.79 Å². The van der Waals surface area contributed by atoms with Crippen molar-refractivity contribution in [2.75, 3.05) is 24.3 Å². The van der Waals surface area contributed by atoms with Crippen molar-refractivity contribution in [2.45, 2.75) is 0 Å². The number of amides is 1. The zero-order valence-electron chi connectivity index (χ0n) is 12.6. The summed E-state index contributed by atoms with van der Waals surface area (Å²) in [7, 11) is 3.74. The maximum atomic E-state index is 12.4. The van der Waals surface area contributed by atoms with Crippen molar-refractivity contribution >= 4 is 28.7 Å². The molecule has 116 valence electrons. The summed E-state index contributed by atoms with van der Waals surface area (Å²) in [6.07, 6.45) is 6.48. The first-order chi connectivity index (χ1) is 11.1. The Balaban J connectivity index is 1.81. The van der Waals surface area contributed by atoms with Gasteiger partial charge < -0.3 is 10.2 Å². The Morgan fingerprint density at radius 2 is 2.09 bits per heavy atom. The van der Waals surface area contributed by atoms with Crippen molar-refractivity contribution in [1.29, 1.82) is 0 Å². The molecule has 0 unspecified atom stereocenters. The molecule has 8 heteroatoms. The summed E-state index contributed by atoms with van der Waals surface area (Å²) < 4.78 is 0. The zero-order valence-corrected chi connectivity index (χ0v) is 13.4. The molecule has 3 heterocycles. The number of pyridine rings is 1. The van der Waals surface area contributed by atoms with E-state index in [1.54, 1.807) is 42.3 Å². The first kappa shape index (κ1) is 15.0. The van der Waals surface area contributed by atoms with Gasteiger partial charge in [-0.15, -0.1) is 11.3 Å². The van der Waals surface area contributed by atoms with Crippen LogP contribution >= 0.6 is 11.3 Å². The molecule has 0 spiro atoms. The molecule has 7 nitrogen and oxygen atoms in total. The van der Waals surface area contributed by atoms with E-state index in [0.29, 0.717) is 27.9 Å². The molecule has 1 N–H and O–H groups in total. The lowest BCUT2D eigenvalue weighted by atomic mass is 10.3. The number of aromatic nitrogens is 4. The number of thiazole rings is 1. The SMILES string of the molecule is CN(C)c1ncccc1NC(=O)c1csc(-c2cnccn2)n1. The molecular weight excluding hydrogens is 312 g/mol. The Morgan fingerprint density at radius 1 is 1.22 bits per heavy atom. The van der Waals surface area contributed by atoms with Gasteiger partial charge in [0.2, 0.25) is 0 Å². The first-order valence-electron chi connectivity index (χ1n) is 6.81. The van der Waals surface area contributed by atoms with Crippen LogP contribution in [0, 0.1) is 0 Å². The number of rotatable bonds is 4. The predicted molar refractivity (Wildman–Crippen MR) is 89.7 cm³/mol. The van der Waals surface area contributed by atoms with E-state index < -0.39 is 0 Å². The van der Waals surface area contributed by atoms with Gasteiger partial charge >= 0.3 is 0 Å². The fraction of sp³-hybridized carbons (Fsp3) is 0.133. The monoisotopic (exact) mass is 326 g/mol.